The standard InChI is InChI=1S/C18H19ClN2O3S/c1-2-25(23,24)21-15-7-3-12(4-8-15)18(22)20-17-10-5-13-11-14(19)6-9-16(13)17/h3-4,6-9,11,17,21H,2,5,10H2,1H3,(H,20,22)/t17-/m1/s1. The molecule has 2 N–H and O–H groups in total. The minimum atomic E-state index is -3.32. The van der Waals surface area contributed by atoms with Crippen LogP contribution in [0.2, 0.25) is 5.02 Å². The van der Waals surface area contributed by atoms with Gasteiger partial charge >= 0.3 is 0 Å². The van der Waals surface area contributed by atoms with Crippen LogP contribution in [0.3, 0.4) is 0 Å². The Bertz CT molecular complexity index is 895. The van der Waals surface area contributed by atoms with E-state index in [2.05, 4.69) is 10.0 Å². The largest absolute Gasteiger partial charge is 0.345 e. The van der Waals surface area contributed by atoms with Gasteiger partial charge in [-0.15, -0.1) is 0 Å². The van der Waals surface area contributed by atoms with Gasteiger partial charge in [0.05, 0.1) is 11.8 Å². The second-order valence-electron chi connectivity index (χ2n) is 5.99. The van der Waals surface area contributed by atoms with E-state index in [9.17, 15) is 13.2 Å². The highest BCUT2D eigenvalue weighted by Crippen LogP contribution is 2.33. The molecular formula is C18H19ClN2O3S. The molecule has 1 atom stereocenters. The van der Waals surface area contributed by atoms with Gasteiger partial charge in [-0.05, 0) is 67.3 Å². The van der Waals surface area contributed by atoms with Gasteiger partial charge in [0.15, 0.2) is 0 Å². The highest BCUT2D eigenvalue weighted by Gasteiger charge is 2.24. The molecule has 132 valence electrons. The smallest absolute Gasteiger partial charge is 0.251 e. The van der Waals surface area contributed by atoms with Crippen LogP contribution in [0.15, 0.2) is 42.5 Å². The maximum atomic E-state index is 12.5. The summed E-state index contributed by atoms with van der Waals surface area (Å²) in [5.74, 6) is -0.182. The first-order valence-corrected chi connectivity index (χ1v) is 10.1. The van der Waals surface area contributed by atoms with E-state index in [1.807, 2.05) is 18.2 Å². The van der Waals surface area contributed by atoms with E-state index >= 15 is 0 Å². The van der Waals surface area contributed by atoms with E-state index in [0.29, 0.717) is 16.3 Å². The fourth-order valence-electron chi connectivity index (χ4n) is 2.92. The van der Waals surface area contributed by atoms with E-state index in [0.717, 1.165) is 18.4 Å². The predicted molar refractivity (Wildman–Crippen MR) is 99.5 cm³/mol. The topological polar surface area (TPSA) is 75.3 Å². The molecule has 7 heteroatoms. The van der Waals surface area contributed by atoms with Crippen molar-refractivity contribution in [1.82, 2.24) is 5.32 Å². The Morgan fingerprint density at radius 2 is 1.92 bits per heavy atom. The molecule has 0 aromatic heterocycles. The molecule has 25 heavy (non-hydrogen) atoms. The van der Waals surface area contributed by atoms with E-state index in [1.165, 1.54) is 5.56 Å². The summed E-state index contributed by atoms with van der Waals surface area (Å²) in [5.41, 5.74) is 3.20. The van der Waals surface area contributed by atoms with Crippen molar-refractivity contribution < 1.29 is 13.2 Å². The average Bonchev–Trinajstić information content (AvgIpc) is 2.97. The first-order chi connectivity index (χ1) is 11.9. The molecular weight excluding hydrogens is 360 g/mol. The second kappa shape index (κ2) is 7.06. The summed E-state index contributed by atoms with van der Waals surface area (Å²) < 4.78 is 25.6. The van der Waals surface area contributed by atoms with Crippen molar-refractivity contribution in [3.8, 4) is 0 Å². The van der Waals surface area contributed by atoms with Gasteiger partial charge in [0, 0.05) is 16.3 Å². The van der Waals surface area contributed by atoms with E-state index in [4.69, 9.17) is 11.6 Å². The summed E-state index contributed by atoms with van der Waals surface area (Å²) in [5, 5.41) is 3.73. The molecule has 0 radical (unpaired) electrons. The van der Waals surface area contributed by atoms with Crippen molar-refractivity contribution in [2.24, 2.45) is 0 Å². The Morgan fingerprint density at radius 1 is 1.20 bits per heavy atom. The maximum absolute atomic E-state index is 12.5. The molecule has 0 fully saturated rings. The van der Waals surface area contributed by atoms with Gasteiger partial charge in [0.1, 0.15) is 0 Å². The number of sulfonamides is 1. The third kappa shape index (κ3) is 4.14. The van der Waals surface area contributed by atoms with Crippen molar-refractivity contribution in [3.05, 3.63) is 64.2 Å². The monoisotopic (exact) mass is 378 g/mol. The Morgan fingerprint density at radius 3 is 2.60 bits per heavy atom. The lowest BCUT2D eigenvalue weighted by Gasteiger charge is -2.14. The molecule has 0 saturated heterocycles. The van der Waals surface area contributed by atoms with Crippen LogP contribution in [0, 0.1) is 0 Å². The van der Waals surface area contributed by atoms with Gasteiger partial charge in [0.2, 0.25) is 10.0 Å². The molecule has 5 nitrogen and oxygen atoms in total. The number of nitrogens with one attached hydrogen (secondary N) is 2. The van der Waals surface area contributed by atoms with Gasteiger partial charge < -0.3 is 5.32 Å². The SMILES string of the molecule is CCS(=O)(=O)Nc1ccc(C(=O)N[C@@H]2CCc3cc(Cl)ccc32)cc1. The number of carbonyl (C=O) groups excluding carboxylic acids is 1. The van der Waals surface area contributed by atoms with Gasteiger partial charge in [-0.1, -0.05) is 17.7 Å². The number of aryl methyl sites for hydroxylation is 1. The average molecular weight is 379 g/mol. The molecule has 0 spiro atoms. The molecule has 0 heterocycles. The normalized spacial score (nSPS) is 16.3. The fourth-order valence-corrected chi connectivity index (χ4v) is 3.75. The third-order valence-corrected chi connectivity index (χ3v) is 5.83. The molecule has 1 amide bonds. The molecule has 0 saturated carbocycles. The summed E-state index contributed by atoms with van der Waals surface area (Å²) in [7, 11) is -3.32. The van der Waals surface area contributed by atoms with Crippen LogP contribution in [0.1, 0.15) is 40.9 Å². The predicted octanol–water partition coefficient (Wildman–Crippen LogP) is 3.52. The molecule has 0 bridgehead atoms. The van der Waals surface area contributed by atoms with Crippen LogP contribution in [0.4, 0.5) is 5.69 Å². The number of rotatable bonds is 5. The van der Waals surface area contributed by atoms with Gasteiger partial charge in [-0.25, -0.2) is 8.42 Å². The zero-order valence-electron chi connectivity index (χ0n) is 13.8. The number of halogens is 1. The van der Waals surface area contributed by atoms with Crippen molar-refractivity contribution in [2.45, 2.75) is 25.8 Å². The highest BCUT2D eigenvalue weighted by atomic mass is 35.5. The van der Waals surface area contributed by atoms with Crippen LogP contribution in [0.5, 0.6) is 0 Å². The summed E-state index contributed by atoms with van der Waals surface area (Å²) in [6.45, 7) is 1.57. The molecule has 0 unspecified atom stereocenters. The number of hydrogen-bond donors (Lipinski definition) is 2. The van der Waals surface area contributed by atoms with Crippen LogP contribution in [-0.2, 0) is 16.4 Å². The number of benzene rings is 2. The van der Waals surface area contributed by atoms with Crippen molar-refractivity contribution >= 4 is 33.2 Å². The quantitative estimate of drug-likeness (QED) is 0.835. The van der Waals surface area contributed by atoms with Crippen LogP contribution >= 0.6 is 11.6 Å². The van der Waals surface area contributed by atoms with Gasteiger partial charge in [0.25, 0.3) is 5.91 Å². The lowest BCUT2D eigenvalue weighted by molar-refractivity contribution is 0.0936. The summed E-state index contributed by atoms with van der Waals surface area (Å²) in [4.78, 5) is 12.5. The van der Waals surface area contributed by atoms with Crippen LogP contribution < -0.4 is 10.0 Å². The number of amides is 1. The number of anilines is 1. The molecule has 2 aromatic carbocycles. The Labute approximate surface area is 152 Å². The number of fused-ring (bicyclic) bond motifs is 1. The Kier molecular flexibility index (Phi) is 5.01. The Balaban J connectivity index is 1.69. The van der Waals surface area contributed by atoms with E-state index < -0.39 is 10.0 Å². The lowest BCUT2D eigenvalue weighted by atomic mass is 10.1. The summed E-state index contributed by atoms with van der Waals surface area (Å²) >= 11 is 6.01. The highest BCUT2D eigenvalue weighted by molar-refractivity contribution is 7.92. The maximum Gasteiger partial charge on any atom is 0.251 e. The second-order valence-corrected chi connectivity index (χ2v) is 8.44. The summed E-state index contributed by atoms with van der Waals surface area (Å²) in [6.07, 6.45) is 1.73. The number of hydrogen-bond acceptors (Lipinski definition) is 3. The molecule has 0 aliphatic heterocycles. The van der Waals surface area contributed by atoms with Gasteiger partial charge in [-0.2, -0.15) is 0 Å². The van der Waals surface area contributed by atoms with Crippen molar-refractivity contribution in [3.63, 3.8) is 0 Å². The Hall–Kier alpha value is -2.05. The van der Waals surface area contributed by atoms with E-state index in [1.54, 1.807) is 31.2 Å². The minimum Gasteiger partial charge on any atom is -0.345 e. The number of carbonyl (C=O) groups is 1. The molecule has 1 aliphatic carbocycles. The first kappa shape index (κ1) is 17.8. The first-order valence-electron chi connectivity index (χ1n) is 8.07. The molecule has 3 rings (SSSR count). The molecule has 1 aliphatic rings. The summed E-state index contributed by atoms with van der Waals surface area (Å²) in [6, 6.07) is 12.1. The fraction of sp³-hybridized carbons (Fsp3) is 0.278. The molecule has 2 aromatic rings. The third-order valence-electron chi connectivity index (χ3n) is 4.29. The van der Waals surface area contributed by atoms with E-state index in [-0.39, 0.29) is 17.7 Å². The van der Waals surface area contributed by atoms with Crippen LogP contribution in [-0.4, -0.2) is 20.1 Å². The van der Waals surface area contributed by atoms with Crippen molar-refractivity contribution in [2.75, 3.05) is 10.5 Å². The van der Waals surface area contributed by atoms with Crippen molar-refractivity contribution in [1.29, 1.82) is 0 Å². The zero-order valence-corrected chi connectivity index (χ0v) is 15.3. The zero-order chi connectivity index (χ0) is 18.0. The minimum absolute atomic E-state index is 0.000340. The van der Waals surface area contributed by atoms with Crippen LogP contribution in [0.25, 0.3) is 0 Å². The van der Waals surface area contributed by atoms with Gasteiger partial charge in [-0.3, -0.25) is 9.52 Å². The lowest BCUT2D eigenvalue weighted by Crippen LogP contribution is -2.27.